The summed E-state index contributed by atoms with van der Waals surface area (Å²) >= 11 is 1.86. The van der Waals surface area contributed by atoms with Crippen molar-refractivity contribution in [3.05, 3.63) is 22.4 Å². The van der Waals surface area contributed by atoms with E-state index in [1.54, 1.807) is 0 Å². The van der Waals surface area contributed by atoms with Gasteiger partial charge >= 0.3 is 0 Å². The number of nitrogens with zero attached hydrogens (tertiary/aromatic N) is 1. The number of rotatable bonds is 8. The van der Waals surface area contributed by atoms with Crippen LogP contribution in [-0.4, -0.2) is 37.6 Å². The normalized spacial score (nSPS) is 11.1. The molecule has 1 heterocycles. The van der Waals surface area contributed by atoms with Crippen molar-refractivity contribution in [1.82, 2.24) is 10.2 Å². The fourth-order valence-electron chi connectivity index (χ4n) is 1.57. The van der Waals surface area contributed by atoms with E-state index in [1.807, 2.05) is 11.3 Å². The molecule has 0 saturated carbocycles. The predicted octanol–water partition coefficient (Wildman–Crippen LogP) is 2.22. The number of hydrogen-bond acceptors (Lipinski definition) is 3. The fraction of sp³-hybridized carbons (Fsp3) is 0.667. The van der Waals surface area contributed by atoms with Gasteiger partial charge in [-0.2, -0.15) is 0 Å². The zero-order valence-electron chi connectivity index (χ0n) is 9.83. The Bertz CT molecular complexity index is 234. The van der Waals surface area contributed by atoms with Crippen LogP contribution >= 0.6 is 11.3 Å². The maximum absolute atomic E-state index is 3.37. The Labute approximate surface area is 97.3 Å². The molecule has 0 atom stereocenters. The van der Waals surface area contributed by atoms with Crippen LogP contribution in [0.2, 0.25) is 0 Å². The van der Waals surface area contributed by atoms with E-state index in [0.717, 1.165) is 26.2 Å². The smallest absolute Gasteiger partial charge is 0.0107 e. The molecule has 0 spiro atoms. The van der Waals surface area contributed by atoms with Gasteiger partial charge < -0.3 is 10.2 Å². The summed E-state index contributed by atoms with van der Waals surface area (Å²) in [4.78, 5) is 4.00. The van der Waals surface area contributed by atoms with Crippen LogP contribution in [0.5, 0.6) is 0 Å². The molecule has 0 radical (unpaired) electrons. The van der Waals surface area contributed by atoms with Gasteiger partial charge in [-0.15, -0.1) is 11.3 Å². The van der Waals surface area contributed by atoms with E-state index >= 15 is 0 Å². The second-order valence-corrected chi connectivity index (χ2v) is 4.65. The van der Waals surface area contributed by atoms with E-state index in [1.165, 1.54) is 17.8 Å². The van der Waals surface area contributed by atoms with Crippen molar-refractivity contribution >= 4 is 11.3 Å². The summed E-state index contributed by atoms with van der Waals surface area (Å²) in [5.74, 6) is 0. The fourth-order valence-corrected chi connectivity index (χ4v) is 2.26. The van der Waals surface area contributed by atoms with Crippen molar-refractivity contribution in [2.24, 2.45) is 0 Å². The molecule has 1 rings (SSSR count). The SMILES string of the molecule is CCNCCN(CC)CCc1cccs1. The second-order valence-electron chi connectivity index (χ2n) is 3.62. The van der Waals surface area contributed by atoms with Crippen LogP contribution in [0, 0.1) is 0 Å². The Balaban J connectivity index is 2.16. The van der Waals surface area contributed by atoms with Crippen LogP contribution in [0.25, 0.3) is 0 Å². The van der Waals surface area contributed by atoms with Crippen molar-refractivity contribution in [2.75, 3.05) is 32.7 Å². The molecule has 0 unspecified atom stereocenters. The lowest BCUT2D eigenvalue weighted by atomic mass is 10.3. The number of thiophene rings is 1. The Morgan fingerprint density at radius 2 is 2.20 bits per heavy atom. The van der Waals surface area contributed by atoms with E-state index in [-0.39, 0.29) is 0 Å². The molecule has 0 amide bonds. The maximum atomic E-state index is 3.37. The third kappa shape index (κ3) is 5.30. The largest absolute Gasteiger partial charge is 0.316 e. The van der Waals surface area contributed by atoms with Crippen LogP contribution in [-0.2, 0) is 6.42 Å². The molecule has 0 aromatic carbocycles. The summed E-state index contributed by atoms with van der Waals surface area (Å²) in [6.07, 6.45) is 1.19. The minimum absolute atomic E-state index is 1.07. The molecule has 0 saturated heterocycles. The molecule has 0 aliphatic heterocycles. The number of nitrogens with one attached hydrogen (secondary N) is 1. The molecule has 86 valence electrons. The molecule has 0 aliphatic carbocycles. The number of likely N-dealkylation sites (N-methyl/N-ethyl adjacent to an activating group) is 2. The molecule has 0 fully saturated rings. The lowest BCUT2D eigenvalue weighted by Crippen LogP contribution is -2.33. The molecule has 0 bridgehead atoms. The topological polar surface area (TPSA) is 15.3 Å². The first kappa shape index (κ1) is 12.7. The molecule has 1 N–H and O–H groups in total. The molecule has 0 aliphatic rings. The lowest BCUT2D eigenvalue weighted by Gasteiger charge is -2.19. The van der Waals surface area contributed by atoms with Crippen LogP contribution in [0.4, 0.5) is 0 Å². The second kappa shape index (κ2) is 7.85. The van der Waals surface area contributed by atoms with Gasteiger partial charge in [-0.25, -0.2) is 0 Å². The minimum Gasteiger partial charge on any atom is -0.316 e. The highest BCUT2D eigenvalue weighted by Crippen LogP contribution is 2.09. The first-order chi connectivity index (χ1) is 7.36. The Morgan fingerprint density at radius 1 is 1.33 bits per heavy atom. The predicted molar refractivity (Wildman–Crippen MR) is 68.7 cm³/mol. The maximum Gasteiger partial charge on any atom is 0.0107 e. The van der Waals surface area contributed by atoms with E-state index in [9.17, 15) is 0 Å². The zero-order valence-corrected chi connectivity index (χ0v) is 10.6. The van der Waals surface area contributed by atoms with E-state index in [2.05, 4.69) is 41.6 Å². The van der Waals surface area contributed by atoms with Crippen molar-refractivity contribution in [3.63, 3.8) is 0 Å². The molecule has 2 nitrogen and oxygen atoms in total. The van der Waals surface area contributed by atoms with Crippen LogP contribution in [0.15, 0.2) is 17.5 Å². The van der Waals surface area contributed by atoms with Gasteiger partial charge in [0.25, 0.3) is 0 Å². The standard InChI is InChI=1S/C12H22N2S/c1-3-13-8-10-14(4-2)9-7-12-6-5-11-15-12/h5-6,11,13H,3-4,7-10H2,1-2H3. The highest BCUT2D eigenvalue weighted by molar-refractivity contribution is 7.09. The number of hydrogen-bond donors (Lipinski definition) is 1. The molecule has 15 heavy (non-hydrogen) atoms. The van der Waals surface area contributed by atoms with Crippen molar-refractivity contribution in [1.29, 1.82) is 0 Å². The Hall–Kier alpha value is -0.380. The minimum atomic E-state index is 1.07. The van der Waals surface area contributed by atoms with Gasteiger partial charge in [0.15, 0.2) is 0 Å². The van der Waals surface area contributed by atoms with E-state index in [4.69, 9.17) is 0 Å². The molecule has 3 heteroatoms. The average molecular weight is 226 g/mol. The van der Waals surface area contributed by atoms with Crippen molar-refractivity contribution in [3.8, 4) is 0 Å². The highest BCUT2D eigenvalue weighted by atomic mass is 32.1. The van der Waals surface area contributed by atoms with Crippen molar-refractivity contribution in [2.45, 2.75) is 20.3 Å². The van der Waals surface area contributed by atoms with Gasteiger partial charge in [-0.3, -0.25) is 0 Å². The van der Waals surface area contributed by atoms with Crippen molar-refractivity contribution < 1.29 is 0 Å². The molecular formula is C12H22N2S. The van der Waals surface area contributed by atoms with Gasteiger partial charge in [0.05, 0.1) is 0 Å². The van der Waals surface area contributed by atoms with Gasteiger partial charge in [-0.1, -0.05) is 19.9 Å². The first-order valence-electron chi connectivity index (χ1n) is 5.82. The third-order valence-electron chi connectivity index (χ3n) is 2.56. The summed E-state index contributed by atoms with van der Waals surface area (Å²) in [7, 11) is 0. The monoisotopic (exact) mass is 226 g/mol. The van der Waals surface area contributed by atoms with Gasteiger partial charge in [-0.05, 0) is 31.0 Å². The van der Waals surface area contributed by atoms with Crippen LogP contribution in [0.3, 0.4) is 0 Å². The Morgan fingerprint density at radius 3 is 2.80 bits per heavy atom. The average Bonchev–Trinajstić information content (AvgIpc) is 2.76. The summed E-state index contributed by atoms with van der Waals surface area (Å²) in [6, 6.07) is 4.36. The van der Waals surface area contributed by atoms with Gasteiger partial charge in [0, 0.05) is 24.5 Å². The molecular weight excluding hydrogens is 204 g/mol. The quantitative estimate of drug-likeness (QED) is 0.684. The molecule has 1 aromatic rings. The lowest BCUT2D eigenvalue weighted by molar-refractivity contribution is 0.292. The van der Waals surface area contributed by atoms with E-state index in [0.29, 0.717) is 0 Å². The van der Waals surface area contributed by atoms with E-state index < -0.39 is 0 Å². The highest BCUT2D eigenvalue weighted by Gasteiger charge is 2.02. The first-order valence-corrected chi connectivity index (χ1v) is 6.70. The molecule has 1 aromatic heterocycles. The summed E-state index contributed by atoms with van der Waals surface area (Å²) in [5.41, 5.74) is 0. The van der Waals surface area contributed by atoms with Crippen LogP contribution in [0.1, 0.15) is 18.7 Å². The van der Waals surface area contributed by atoms with Gasteiger partial charge in [0.1, 0.15) is 0 Å². The summed E-state index contributed by atoms with van der Waals surface area (Å²) < 4.78 is 0. The zero-order chi connectivity index (χ0) is 10.9. The summed E-state index contributed by atoms with van der Waals surface area (Å²) in [5, 5.41) is 5.52. The van der Waals surface area contributed by atoms with Gasteiger partial charge in [0.2, 0.25) is 0 Å². The van der Waals surface area contributed by atoms with Crippen LogP contribution < -0.4 is 5.32 Å². The third-order valence-corrected chi connectivity index (χ3v) is 3.49. The summed E-state index contributed by atoms with van der Waals surface area (Å²) in [6.45, 7) is 10.1. The Kier molecular flexibility index (Phi) is 6.64.